The van der Waals surface area contributed by atoms with Crippen LogP contribution in [0.2, 0.25) is 0 Å². The molecule has 1 amide bonds. The van der Waals surface area contributed by atoms with Gasteiger partial charge in [0.1, 0.15) is 5.54 Å². The summed E-state index contributed by atoms with van der Waals surface area (Å²) >= 11 is 0. The maximum absolute atomic E-state index is 12.2. The molecule has 18 heavy (non-hydrogen) atoms. The van der Waals surface area contributed by atoms with Crippen molar-refractivity contribution in [3.63, 3.8) is 0 Å². The molecule has 1 atom stereocenters. The Bertz CT molecular complexity index is 411. The average Bonchev–Trinajstić information content (AvgIpc) is 2.33. The molecule has 0 heterocycles. The lowest BCUT2D eigenvalue weighted by Crippen LogP contribution is -2.56. The molecule has 4 heteroatoms. The summed E-state index contributed by atoms with van der Waals surface area (Å²) in [6.07, 6.45) is 2.01. The zero-order chi connectivity index (χ0) is 13.2. The van der Waals surface area contributed by atoms with E-state index in [-0.39, 0.29) is 18.1 Å². The molecule has 0 bridgehead atoms. The first kappa shape index (κ1) is 13.1. The molecular weight excluding hydrogens is 228 g/mol. The highest BCUT2D eigenvalue weighted by molar-refractivity contribution is 5.87. The SMILES string of the molecule is COC1CC(NC(=O)C(C)(N)c2ccccc2)C1. The predicted molar refractivity (Wildman–Crippen MR) is 69.9 cm³/mol. The Labute approximate surface area is 108 Å². The molecule has 2 rings (SSSR count). The first-order valence-corrected chi connectivity index (χ1v) is 6.22. The second kappa shape index (κ2) is 5.08. The molecule has 3 N–H and O–H groups in total. The van der Waals surface area contributed by atoms with Crippen molar-refractivity contribution in [2.45, 2.75) is 37.5 Å². The molecule has 4 nitrogen and oxygen atoms in total. The molecule has 1 aromatic carbocycles. The van der Waals surface area contributed by atoms with Gasteiger partial charge in [-0.05, 0) is 25.3 Å². The van der Waals surface area contributed by atoms with Crippen LogP contribution in [-0.2, 0) is 15.1 Å². The van der Waals surface area contributed by atoms with E-state index in [0.29, 0.717) is 0 Å². The van der Waals surface area contributed by atoms with Crippen molar-refractivity contribution >= 4 is 5.91 Å². The van der Waals surface area contributed by atoms with Crippen molar-refractivity contribution in [3.8, 4) is 0 Å². The Kier molecular flexibility index (Phi) is 3.68. The number of hydrogen-bond acceptors (Lipinski definition) is 3. The largest absolute Gasteiger partial charge is 0.381 e. The molecule has 0 saturated heterocycles. The molecule has 1 aliphatic carbocycles. The lowest BCUT2D eigenvalue weighted by atomic mass is 9.86. The minimum absolute atomic E-state index is 0.131. The van der Waals surface area contributed by atoms with E-state index in [4.69, 9.17) is 10.5 Å². The van der Waals surface area contributed by atoms with Crippen LogP contribution in [0.25, 0.3) is 0 Å². The molecule has 1 aromatic rings. The van der Waals surface area contributed by atoms with Gasteiger partial charge in [0, 0.05) is 13.2 Å². The van der Waals surface area contributed by atoms with Gasteiger partial charge in [-0.15, -0.1) is 0 Å². The number of methoxy groups -OCH3 is 1. The molecule has 0 spiro atoms. The van der Waals surface area contributed by atoms with Crippen LogP contribution in [0.4, 0.5) is 0 Å². The maximum Gasteiger partial charge on any atom is 0.244 e. The number of amides is 1. The average molecular weight is 248 g/mol. The van der Waals surface area contributed by atoms with Gasteiger partial charge in [-0.3, -0.25) is 4.79 Å². The van der Waals surface area contributed by atoms with Crippen molar-refractivity contribution in [2.75, 3.05) is 7.11 Å². The smallest absolute Gasteiger partial charge is 0.244 e. The Morgan fingerprint density at radius 1 is 1.39 bits per heavy atom. The Morgan fingerprint density at radius 2 is 2.00 bits per heavy atom. The topological polar surface area (TPSA) is 64.3 Å². The van der Waals surface area contributed by atoms with Gasteiger partial charge in [-0.1, -0.05) is 30.3 Å². The van der Waals surface area contributed by atoms with Crippen molar-refractivity contribution in [3.05, 3.63) is 35.9 Å². The number of nitrogens with two attached hydrogens (primary N) is 1. The van der Waals surface area contributed by atoms with Gasteiger partial charge in [0.25, 0.3) is 0 Å². The van der Waals surface area contributed by atoms with Crippen LogP contribution >= 0.6 is 0 Å². The molecule has 1 saturated carbocycles. The Balaban J connectivity index is 1.96. The van der Waals surface area contributed by atoms with Gasteiger partial charge in [-0.2, -0.15) is 0 Å². The highest BCUT2D eigenvalue weighted by atomic mass is 16.5. The first-order chi connectivity index (χ1) is 8.54. The van der Waals surface area contributed by atoms with Gasteiger partial charge in [0.2, 0.25) is 5.91 Å². The fraction of sp³-hybridized carbons (Fsp3) is 0.500. The molecule has 1 fully saturated rings. The summed E-state index contributed by atoms with van der Waals surface area (Å²) < 4.78 is 5.19. The van der Waals surface area contributed by atoms with Crippen molar-refractivity contribution in [2.24, 2.45) is 5.73 Å². The van der Waals surface area contributed by atoms with E-state index in [1.54, 1.807) is 14.0 Å². The highest BCUT2D eigenvalue weighted by Gasteiger charge is 2.36. The van der Waals surface area contributed by atoms with Crippen LogP contribution in [0.5, 0.6) is 0 Å². The fourth-order valence-electron chi connectivity index (χ4n) is 2.13. The van der Waals surface area contributed by atoms with E-state index >= 15 is 0 Å². The summed E-state index contributed by atoms with van der Waals surface area (Å²) in [7, 11) is 1.69. The zero-order valence-electron chi connectivity index (χ0n) is 10.8. The second-order valence-electron chi connectivity index (χ2n) is 5.07. The minimum Gasteiger partial charge on any atom is -0.381 e. The minimum atomic E-state index is -0.987. The lowest BCUT2D eigenvalue weighted by molar-refractivity contribution is -0.128. The number of rotatable bonds is 4. The number of nitrogens with one attached hydrogen (secondary N) is 1. The summed E-state index contributed by atoms with van der Waals surface area (Å²) in [4.78, 5) is 12.2. The second-order valence-corrected chi connectivity index (χ2v) is 5.07. The van der Waals surface area contributed by atoms with Gasteiger partial charge in [-0.25, -0.2) is 0 Å². The number of carbonyl (C=O) groups is 1. The normalized spacial score (nSPS) is 25.9. The third kappa shape index (κ3) is 2.54. The molecule has 0 aliphatic heterocycles. The number of benzene rings is 1. The van der Waals surface area contributed by atoms with Crippen molar-refractivity contribution in [1.82, 2.24) is 5.32 Å². The van der Waals surface area contributed by atoms with E-state index in [1.165, 1.54) is 0 Å². The molecular formula is C14H20N2O2. The number of carbonyl (C=O) groups excluding carboxylic acids is 1. The predicted octanol–water partition coefficient (Wildman–Crippen LogP) is 1.15. The van der Waals surface area contributed by atoms with Gasteiger partial charge in [0.05, 0.1) is 6.10 Å². The fourth-order valence-corrected chi connectivity index (χ4v) is 2.13. The van der Waals surface area contributed by atoms with E-state index in [9.17, 15) is 4.79 Å². The van der Waals surface area contributed by atoms with E-state index in [0.717, 1.165) is 18.4 Å². The third-order valence-corrected chi connectivity index (χ3v) is 3.61. The standard InChI is InChI=1S/C14H20N2O2/c1-14(15,10-6-4-3-5-7-10)13(17)16-11-8-12(9-11)18-2/h3-7,11-12H,8-9,15H2,1-2H3,(H,16,17). The lowest BCUT2D eigenvalue weighted by Gasteiger charge is -2.36. The number of ether oxygens (including phenoxy) is 1. The van der Waals surface area contributed by atoms with Crippen LogP contribution in [0.3, 0.4) is 0 Å². The molecule has 98 valence electrons. The molecule has 0 aromatic heterocycles. The summed E-state index contributed by atoms with van der Waals surface area (Å²) in [6, 6.07) is 9.62. The molecule has 1 unspecified atom stereocenters. The molecule has 0 radical (unpaired) electrons. The Hall–Kier alpha value is -1.39. The molecule has 1 aliphatic rings. The monoisotopic (exact) mass is 248 g/mol. The van der Waals surface area contributed by atoms with E-state index < -0.39 is 5.54 Å². The van der Waals surface area contributed by atoms with Crippen LogP contribution in [-0.4, -0.2) is 25.2 Å². The summed E-state index contributed by atoms with van der Waals surface area (Å²) in [5.74, 6) is -0.131. The zero-order valence-corrected chi connectivity index (χ0v) is 10.8. The van der Waals surface area contributed by atoms with Crippen LogP contribution in [0, 0.1) is 0 Å². The summed E-state index contributed by atoms with van der Waals surface area (Å²) in [5, 5.41) is 2.98. The van der Waals surface area contributed by atoms with Crippen LogP contribution in [0.15, 0.2) is 30.3 Å². The maximum atomic E-state index is 12.2. The van der Waals surface area contributed by atoms with Crippen LogP contribution in [0.1, 0.15) is 25.3 Å². The van der Waals surface area contributed by atoms with Crippen LogP contribution < -0.4 is 11.1 Å². The summed E-state index contributed by atoms with van der Waals surface area (Å²) in [5.41, 5.74) is 5.97. The van der Waals surface area contributed by atoms with Crippen molar-refractivity contribution in [1.29, 1.82) is 0 Å². The number of hydrogen-bond donors (Lipinski definition) is 2. The van der Waals surface area contributed by atoms with E-state index in [1.807, 2.05) is 30.3 Å². The third-order valence-electron chi connectivity index (χ3n) is 3.61. The first-order valence-electron chi connectivity index (χ1n) is 6.22. The Morgan fingerprint density at radius 3 is 2.56 bits per heavy atom. The van der Waals surface area contributed by atoms with Gasteiger partial charge >= 0.3 is 0 Å². The summed E-state index contributed by atoms with van der Waals surface area (Å²) in [6.45, 7) is 1.74. The quantitative estimate of drug-likeness (QED) is 0.840. The van der Waals surface area contributed by atoms with Crippen molar-refractivity contribution < 1.29 is 9.53 Å². The highest BCUT2D eigenvalue weighted by Crippen LogP contribution is 2.24. The van der Waals surface area contributed by atoms with Gasteiger partial charge in [0.15, 0.2) is 0 Å². The van der Waals surface area contributed by atoms with E-state index in [2.05, 4.69) is 5.32 Å². The van der Waals surface area contributed by atoms with Gasteiger partial charge < -0.3 is 15.8 Å².